The van der Waals surface area contributed by atoms with E-state index < -0.39 is 86.6 Å². The lowest BCUT2D eigenvalue weighted by Crippen LogP contribution is -2.64. The maximum absolute atomic E-state index is 13.3. The molecule has 0 radical (unpaired) electrons. The van der Waals surface area contributed by atoms with Crippen molar-refractivity contribution in [1.29, 1.82) is 0 Å². The molecule has 71 heavy (non-hydrogen) atoms. The molecule has 2 aliphatic rings. The van der Waals surface area contributed by atoms with Crippen LogP contribution in [0.3, 0.4) is 0 Å². The van der Waals surface area contributed by atoms with E-state index in [-0.39, 0.29) is 24.7 Å². The van der Waals surface area contributed by atoms with Crippen LogP contribution in [0.4, 0.5) is 0 Å². The minimum absolute atomic E-state index is 0.170. The number of esters is 2. The predicted octanol–water partition coefficient (Wildman–Crippen LogP) is 11.8. The summed E-state index contributed by atoms with van der Waals surface area (Å²) >= 11 is 0. The maximum Gasteiger partial charge on any atom is 0.306 e. The van der Waals surface area contributed by atoms with Gasteiger partial charge in [-0.1, -0.05) is 233 Å². The van der Waals surface area contributed by atoms with Crippen LogP contribution < -0.4 is 0 Å². The summed E-state index contributed by atoms with van der Waals surface area (Å²) in [6.45, 7) is 8.07. The topological polar surface area (TPSA) is 202 Å². The molecule has 10 atom stereocenters. The predicted molar refractivity (Wildman–Crippen MR) is 281 cm³/mol. The molecule has 0 aromatic rings. The van der Waals surface area contributed by atoms with E-state index in [0.29, 0.717) is 0 Å². The smallest absolute Gasteiger partial charge is 0.306 e. The minimum Gasteiger partial charge on any atom is -0.463 e. The summed E-state index contributed by atoms with van der Waals surface area (Å²) in [5, 5.41) is 65.3. The van der Waals surface area contributed by atoms with E-state index in [4.69, 9.17) is 23.7 Å². The van der Waals surface area contributed by atoms with Gasteiger partial charge >= 0.3 is 11.9 Å². The summed E-state index contributed by atoms with van der Waals surface area (Å²) in [4.78, 5) is 26.6. The Morgan fingerprint density at radius 1 is 0.352 bits per heavy atom. The third kappa shape index (κ3) is 30.1. The summed E-state index contributed by atoms with van der Waals surface area (Å²) in [5.74, 6) is -0.529. The van der Waals surface area contributed by atoms with Crippen LogP contribution in [0.5, 0.6) is 0 Å². The van der Waals surface area contributed by atoms with Gasteiger partial charge in [0.05, 0.1) is 0 Å². The van der Waals surface area contributed by atoms with Crippen LogP contribution >= 0.6 is 0 Å². The maximum atomic E-state index is 13.3. The first-order valence-electron chi connectivity index (χ1n) is 29.8. The molecule has 0 aromatic carbocycles. The standard InChI is InChI=1S/C58H110O13/c1-5-9-13-17-21-25-29-33-37-45(38-34-30-26-22-18-14-10-6-2)41-49(59)67-43-47-51(61)53(63)55(65)57(69-47)71-58-56(66)54(64)52(62)48(70-58)44-68-50(60)42-46(39-35-31-27-23-19-15-11-7-3)40-36-32-28-24-20-16-12-8-4/h45-48,51-58,61-66H,5-44H2,1-4H3/t47-,48-,51-,52-,53+,54+,55-,56-,57-,58-/m1/s1. The quantitative estimate of drug-likeness (QED) is 0.0249. The third-order valence-corrected chi connectivity index (χ3v) is 15.2. The van der Waals surface area contributed by atoms with Gasteiger partial charge in [-0.25, -0.2) is 0 Å². The van der Waals surface area contributed by atoms with E-state index >= 15 is 0 Å². The van der Waals surface area contributed by atoms with Crippen molar-refractivity contribution in [1.82, 2.24) is 0 Å². The molecule has 420 valence electrons. The van der Waals surface area contributed by atoms with Crippen molar-refractivity contribution in [2.45, 2.75) is 333 Å². The molecule has 0 unspecified atom stereocenters. The molecule has 2 rings (SSSR count). The van der Waals surface area contributed by atoms with Crippen molar-refractivity contribution in [2.24, 2.45) is 11.8 Å². The molecular formula is C58H110O13. The van der Waals surface area contributed by atoms with Crippen LogP contribution in [0.1, 0.15) is 272 Å². The number of carbonyl (C=O) groups is 2. The first-order valence-corrected chi connectivity index (χ1v) is 29.8. The van der Waals surface area contributed by atoms with E-state index in [1.54, 1.807) is 0 Å². The Labute approximate surface area is 432 Å². The number of hydrogen-bond donors (Lipinski definition) is 6. The second kappa shape index (κ2) is 42.8. The van der Waals surface area contributed by atoms with Gasteiger partial charge in [0.2, 0.25) is 0 Å². The summed E-state index contributed by atoms with van der Waals surface area (Å²) in [7, 11) is 0. The Bertz CT molecular complexity index is 1130. The van der Waals surface area contributed by atoms with Crippen LogP contribution in [0.25, 0.3) is 0 Å². The van der Waals surface area contributed by atoms with Gasteiger partial charge in [0.1, 0.15) is 62.0 Å². The van der Waals surface area contributed by atoms with Gasteiger partial charge < -0.3 is 54.3 Å². The van der Waals surface area contributed by atoms with Gasteiger partial charge in [-0.05, 0) is 37.5 Å². The van der Waals surface area contributed by atoms with Gasteiger partial charge in [0, 0.05) is 12.8 Å². The Morgan fingerprint density at radius 2 is 0.592 bits per heavy atom. The Morgan fingerprint density at radius 3 is 0.845 bits per heavy atom. The molecule has 13 heteroatoms. The number of rotatable bonds is 46. The lowest BCUT2D eigenvalue weighted by molar-refractivity contribution is -0.376. The molecule has 2 aliphatic heterocycles. The second-order valence-electron chi connectivity index (χ2n) is 21.7. The summed E-state index contributed by atoms with van der Waals surface area (Å²) in [5.41, 5.74) is 0. The van der Waals surface area contributed by atoms with Gasteiger partial charge in [-0.3, -0.25) is 9.59 Å². The number of aliphatic hydroxyl groups excluding tert-OH is 6. The third-order valence-electron chi connectivity index (χ3n) is 15.2. The molecule has 6 N–H and O–H groups in total. The molecule has 0 amide bonds. The van der Waals surface area contributed by atoms with Crippen molar-refractivity contribution in [3.05, 3.63) is 0 Å². The Balaban J connectivity index is 1.96. The zero-order valence-electron chi connectivity index (χ0n) is 45.8. The molecule has 0 saturated carbocycles. The van der Waals surface area contributed by atoms with Crippen LogP contribution in [0.2, 0.25) is 0 Å². The van der Waals surface area contributed by atoms with Crippen molar-refractivity contribution in [3.63, 3.8) is 0 Å². The molecule has 0 aromatic heterocycles. The molecule has 2 fully saturated rings. The summed E-state index contributed by atoms with van der Waals surface area (Å²) in [6.07, 6.45) is 26.6. The fourth-order valence-corrected chi connectivity index (χ4v) is 10.4. The lowest BCUT2D eigenvalue weighted by atomic mass is 9.91. The largest absolute Gasteiger partial charge is 0.463 e. The highest BCUT2D eigenvalue weighted by atomic mass is 16.8. The average molecular weight is 1020 g/mol. The Hall–Kier alpha value is -1.42. The van der Waals surface area contributed by atoms with Crippen molar-refractivity contribution >= 4 is 11.9 Å². The number of carbonyl (C=O) groups excluding carboxylic acids is 2. The first-order chi connectivity index (χ1) is 34.5. The van der Waals surface area contributed by atoms with Gasteiger partial charge in [0.15, 0.2) is 12.6 Å². The molecule has 0 aliphatic carbocycles. The van der Waals surface area contributed by atoms with Crippen LogP contribution in [-0.2, 0) is 33.3 Å². The van der Waals surface area contributed by atoms with Crippen LogP contribution in [-0.4, -0.2) is 117 Å². The molecule has 2 saturated heterocycles. The van der Waals surface area contributed by atoms with E-state index in [0.717, 1.165) is 77.0 Å². The second-order valence-corrected chi connectivity index (χ2v) is 21.7. The van der Waals surface area contributed by atoms with Crippen molar-refractivity contribution in [3.8, 4) is 0 Å². The SMILES string of the molecule is CCCCCCCCCCC(CCCCCCCCCC)CC(=O)OC[C@H]1O[C@H](O[C@H]2O[C@H](COC(=O)CC(CCCCCCCCCC)CCCCCCCCCC)[C@@H](O)[C@H](O)[C@H]2O)[C@H](O)[C@@H](O)[C@@H]1O. The highest BCUT2D eigenvalue weighted by molar-refractivity contribution is 5.70. The molecule has 2 heterocycles. The molecule has 0 spiro atoms. The number of aliphatic hydroxyl groups is 6. The molecule has 13 nitrogen and oxygen atoms in total. The molecular weight excluding hydrogens is 905 g/mol. The van der Waals surface area contributed by atoms with E-state index in [2.05, 4.69) is 27.7 Å². The zero-order valence-corrected chi connectivity index (χ0v) is 45.8. The monoisotopic (exact) mass is 1010 g/mol. The normalized spacial score (nSPS) is 24.8. The zero-order chi connectivity index (χ0) is 51.9. The fraction of sp³-hybridized carbons (Fsp3) is 0.966. The number of ether oxygens (including phenoxy) is 5. The van der Waals surface area contributed by atoms with Crippen LogP contribution in [0.15, 0.2) is 0 Å². The first kappa shape index (κ1) is 65.7. The fourth-order valence-electron chi connectivity index (χ4n) is 10.4. The summed E-state index contributed by atoms with van der Waals surface area (Å²) in [6, 6.07) is 0. The van der Waals surface area contributed by atoms with Crippen molar-refractivity contribution < 1.29 is 63.9 Å². The van der Waals surface area contributed by atoms with E-state index in [9.17, 15) is 40.2 Å². The lowest BCUT2D eigenvalue weighted by Gasteiger charge is -2.44. The van der Waals surface area contributed by atoms with E-state index in [1.807, 2.05) is 0 Å². The Kier molecular flexibility index (Phi) is 39.6. The number of unbranched alkanes of at least 4 members (excludes halogenated alkanes) is 28. The highest BCUT2D eigenvalue weighted by Gasteiger charge is 2.50. The van der Waals surface area contributed by atoms with Crippen molar-refractivity contribution in [2.75, 3.05) is 13.2 Å². The van der Waals surface area contributed by atoms with Gasteiger partial charge in [0.25, 0.3) is 0 Å². The highest BCUT2D eigenvalue weighted by Crippen LogP contribution is 2.30. The minimum atomic E-state index is -1.81. The number of hydrogen-bond acceptors (Lipinski definition) is 13. The van der Waals surface area contributed by atoms with E-state index in [1.165, 1.54) is 154 Å². The average Bonchev–Trinajstić information content (AvgIpc) is 3.36. The summed E-state index contributed by atoms with van der Waals surface area (Å²) < 4.78 is 28.8. The van der Waals surface area contributed by atoms with Gasteiger partial charge in [-0.2, -0.15) is 0 Å². The van der Waals surface area contributed by atoms with Gasteiger partial charge in [-0.15, -0.1) is 0 Å². The van der Waals surface area contributed by atoms with Crippen LogP contribution in [0, 0.1) is 11.8 Å². The molecule has 0 bridgehead atoms.